The van der Waals surface area contributed by atoms with Crippen LogP contribution in [0.4, 0.5) is 15.3 Å². The topological polar surface area (TPSA) is 70.7 Å². The van der Waals surface area contributed by atoms with Crippen LogP contribution < -0.4 is 15.4 Å². The first-order chi connectivity index (χ1) is 10.5. The van der Waals surface area contributed by atoms with Gasteiger partial charge < -0.3 is 20.3 Å². The van der Waals surface area contributed by atoms with Gasteiger partial charge in [0.2, 0.25) is 0 Å². The average molecular weight is 305 g/mol. The van der Waals surface area contributed by atoms with Gasteiger partial charge in [0.05, 0.1) is 0 Å². The molecule has 0 saturated heterocycles. The molecule has 22 heavy (non-hydrogen) atoms. The van der Waals surface area contributed by atoms with Gasteiger partial charge in [-0.25, -0.2) is 9.59 Å². The zero-order chi connectivity index (χ0) is 15.9. The lowest BCUT2D eigenvalue weighted by molar-refractivity contribution is 0.192. The normalized spacial score (nSPS) is 15.0. The molecule has 1 aliphatic rings. The van der Waals surface area contributed by atoms with E-state index in [4.69, 9.17) is 4.74 Å². The minimum absolute atomic E-state index is 0.206. The predicted octanol–water partition coefficient (Wildman–Crippen LogP) is 3.20. The minimum Gasteiger partial charge on any atom is -0.410 e. The van der Waals surface area contributed by atoms with Crippen LogP contribution >= 0.6 is 0 Å². The molecule has 0 atom stereocenters. The Kier molecular flexibility index (Phi) is 5.63. The molecule has 2 rings (SSSR count). The zero-order valence-corrected chi connectivity index (χ0v) is 13.1. The summed E-state index contributed by atoms with van der Waals surface area (Å²) >= 11 is 0. The molecule has 3 amide bonds. The largest absolute Gasteiger partial charge is 0.412 e. The second-order valence-corrected chi connectivity index (χ2v) is 5.72. The van der Waals surface area contributed by atoms with Crippen molar-refractivity contribution in [3.63, 3.8) is 0 Å². The number of carbonyl (C=O) groups excluding carboxylic acids is 2. The summed E-state index contributed by atoms with van der Waals surface area (Å²) in [5.74, 6) is 0.407. The van der Waals surface area contributed by atoms with Crippen molar-refractivity contribution in [2.75, 3.05) is 19.4 Å². The molecule has 1 aliphatic carbocycles. The minimum atomic E-state index is -0.442. The molecular formula is C16H23N3O3. The molecule has 2 N–H and O–H groups in total. The Hall–Kier alpha value is -2.24. The maximum Gasteiger partial charge on any atom is 0.412 e. The molecule has 1 fully saturated rings. The second-order valence-electron chi connectivity index (χ2n) is 5.72. The van der Waals surface area contributed by atoms with E-state index in [9.17, 15) is 9.59 Å². The van der Waals surface area contributed by atoms with Crippen molar-refractivity contribution < 1.29 is 14.3 Å². The SMILES string of the molecule is CN(C)C(=O)Nc1cccc(OC(=O)NC2CCCCC2)c1. The van der Waals surface area contributed by atoms with E-state index in [1.807, 2.05) is 0 Å². The Morgan fingerprint density at radius 1 is 1.18 bits per heavy atom. The van der Waals surface area contributed by atoms with Crippen molar-refractivity contribution in [2.24, 2.45) is 0 Å². The van der Waals surface area contributed by atoms with E-state index in [1.54, 1.807) is 38.4 Å². The van der Waals surface area contributed by atoms with Gasteiger partial charge in [0.15, 0.2) is 0 Å². The molecule has 0 heterocycles. The van der Waals surface area contributed by atoms with E-state index >= 15 is 0 Å². The van der Waals surface area contributed by atoms with Crippen LogP contribution in [-0.4, -0.2) is 37.2 Å². The Balaban J connectivity index is 1.89. The number of anilines is 1. The Labute approximate surface area is 130 Å². The van der Waals surface area contributed by atoms with E-state index < -0.39 is 6.09 Å². The Morgan fingerprint density at radius 3 is 2.59 bits per heavy atom. The molecule has 1 aromatic rings. The van der Waals surface area contributed by atoms with Gasteiger partial charge >= 0.3 is 12.1 Å². The Bertz CT molecular complexity index is 525. The highest BCUT2D eigenvalue weighted by atomic mass is 16.6. The molecule has 0 radical (unpaired) electrons. The average Bonchev–Trinajstić information content (AvgIpc) is 2.48. The standard InChI is InChI=1S/C16H23N3O3/c1-19(2)15(20)17-13-9-6-10-14(11-13)22-16(21)18-12-7-4-3-5-8-12/h6,9-12H,3-5,7-8H2,1-2H3,(H,17,20)(H,18,21). The number of benzene rings is 1. The first-order valence-corrected chi connectivity index (χ1v) is 7.61. The van der Waals surface area contributed by atoms with Crippen molar-refractivity contribution in [3.05, 3.63) is 24.3 Å². The smallest absolute Gasteiger partial charge is 0.410 e. The van der Waals surface area contributed by atoms with Crippen molar-refractivity contribution >= 4 is 17.8 Å². The molecule has 6 heteroatoms. The van der Waals surface area contributed by atoms with Crippen molar-refractivity contribution in [1.82, 2.24) is 10.2 Å². The zero-order valence-electron chi connectivity index (χ0n) is 13.1. The number of nitrogens with one attached hydrogen (secondary N) is 2. The van der Waals surface area contributed by atoms with Crippen LogP contribution in [0.15, 0.2) is 24.3 Å². The Morgan fingerprint density at radius 2 is 1.91 bits per heavy atom. The van der Waals surface area contributed by atoms with Gasteiger partial charge in [-0.2, -0.15) is 0 Å². The van der Waals surface area contributed by atoms with E-state index in [0.29, 0.717) is 11.4 Å². The van der Waals surface area contributed by atoms with Crippen molar-refractivity contribution in [3.8, 4) is 5.75 Å². The molecule has 120 valence electrons. The van der Waals surface area contributed by atoms with Crippen LogP contribution in [0, 0.1) is 0 Å². The van der Waals surface area contributed by atoms with Crippen molar-refractivity contribution in [2.45, 2.75) is 38.1 Å². The van der Waals surface area contributed by atoms with Gasteiger partial charge in [-0.3, -0.25) is 0 Å². The maximum atomic E-state index is 11.9. The summed E-state index contributed by atoms with van der Waals surface area (Å²) < 4.78 is 5.28. The highest BCUT2D eigenvalue weighted by Crippen LogP contribution is 2.20. The lowest BCUT2D eigenvalue weighted by Gasteiger charge is -2.22. The van der Waals surface area contributed by atoms with E-state index in [1.165, 1.54) is 11.3 Å². The number of hydrogen-bond donors (Lipinski definition) is 2. The number of urea groups is 1. The predicted molar refractivity (Wildman–Crippen MR) is 85.2 cm³/mol. The van der Waals surface area contributed by atoms with Gasteiger partial charge in [-0.1, -0.05) is 25.3 Å². The lowest BCUT2D eigenvalue weighted by atomic mass is 9.96. The van der Waals surface area contributed by atoms with Crippen LogP contribution in [0.5, 0.6) is 5.75 Å². The highest BCUT2D eigenvalue weighted by Gasteiger charge is 2.16. The summed E-state index contributed by atoms with van der Waals surface area (Å²) in [5, 5.41) is 5.60. The quantitative estimate of drug-likeness (QED) is 0.901. The van der Waals surface area contributed by atoms with E-state index in [0.717, 1.165) is 25.7 Å². The third-order valence-corrected chi connectivity index (χ3v) is 3.63. The van der Waals surface area contributed by atoms with E-state index in [-0.39, 0.29) is 12.1 Å². The van der Waals surface area contributed by atoms with Crippen molar-refractivity contribution in [1.29, 1.82) is 0 Å². The number of carbonyl (C=O) groups is 2. The van der Waals surface area contributed by atoms with Crippen LogP contribution in [0.3, 0.4) is 0 Å². The van der Waals surface area contributed by atoms with Crippen LogP contribution in [0.2, 0.25) is 0 Å². The summed E-state index contributed by atoms with van der Waals surface area (Å²) in [4.78, 5) is 24.9. The number of amides is 3. The van der Waals surface area contributed by atoms with Crippen LogP contribution in [0.25, 0.3) is 0 Å². The molecule has 6 nitrogen and oxygen atoms in total. The number of hydrogen-bond acceptors (Lipinski definition) is 3. The first kappa shape index (κ1) is 16.1. The molecule has 0 aromatic heterocycles. The number of rotatable bonds is 3. The summed E-state index contributed by atoms with van der Waals surface area (Å²) in [6.07, 6.45) is 5.11. The van der Waals surface area contributed by atoms with Gasteiger partial charge in [-0.15, -0.1) is 0 Å². The molecule has 1 saturated carbocycles. The van der Waals surface area contributed by atoms with Crippen LogP contribution in [-0.2, 0) is 0 Å². The number of nitrogens with zero attached hydrogens (tertiary/aromatic N) is 1. The molecule has 0 bridgehead atoms. The third kappa shape index (κ3) is 4.95. The van der Waals surface area contributed by atoms with Gasteiger partial charge in [0.1, 0.15) is 5.75 Å². The first-order valence-electron chi connectivity index (χ1n) is 7.61. The number of ether oxygens (including phenoxy) is 1. The second kappa shape index (κ2) is 7.68. The van der Waals surface area contributed by atoms with Gasteiger partial charge in [0.25, 0.3) is 0 Å². The fourth-order valence-corrected chi connectivity index (χ4v) is 2.42. The summed E-state index contributed by atoms with van der Waals surface area (Å²) in [7, 11) is 3.32. The lowest BCUT2D eigenvalue weighted by Crippen LogP contribution is -2.38. The molecule has 0 spiro atoms. The fourth-order valence-electron chi connectivity index (χ4n) is 2.42. The summed E-state index contributed by atoms with van der Waals surface area (Å²) in [5.41, 5.74) is 0.585. The molecule has 0 unspecified atom stereocenters. The highest BCUT2D eigenvalue weighted by molar-refractivity contribution is 5.89. The monoisotopic (exact) mass is 305 g/mol. The molecule has 1 aromatic carbocycles. The molecule has 0 aliphatic heterocycles. The molecular weight excluding hydrogens is 282 g/mol. The maximum absolute atomic E-state index is 11.9. The van der Waals surface area contributed by atoms with Crippen LogP contribution in [0.1, 0.15) is 32.1 Å². The van der Waals surface area contributed by atoms with E-state index in [2.05, 4.69) is 10.6 Å². The van der Waals surface area contributed by atoms with Gasteiger partial charge in [-0.05, 0) is 25.0 Å². The summed E-state index contributed by atoms with van der Waals surface area (Å²) in [6.45, 7) is 0. The van der Waals surface area contributed by atoms with Gasteiger partial charge in [0, 0.05) is 31.9 Å². The fraction of sp³-hybridized carbons (Fsp3) is 0.500. The third-order valence-electron chi connectivity index (χ3n) is 3.63. The summed E-state index contributed by atoms with van der Waals surface area (Å²) in [6, 6.07) is 6.76.